The number of hydroxylamine groups is 2. The summed E-state index contributed by atoms with van der Waals surface area (Å²) in [5.41, 5.74) is -4.67. The van der Waals surface area contributed by atoms with Crippen molar-refractivity contribution in [2.24, 2.45) is 0 Å². The second-order valence-electron chi connectivity index (χ2n) is 7.45. The minimum absolute atomic E-state index is 0.129. The van der Waals surface area contributed by atoms with Gasteiger partial charge in [0.1, 0.15) is 11.4 Å². The van der Waals surface area contributed by atoms with Gasteiger partial charge in [0.25, 0.3) is 5.91 Å². The molecule has 0 N–H and O–H groups in total. The molecule has 9 heteroatoms. The quantitative estimate of drug-likeness (QED) is 0.539. The zero-order valence-corrected chi connectivity index (χ0v) is 15.3. The van der Waals surface area contributed by atoms with Crippen molar-refractivity contribution >= 4 is 12.0 Å². The van der Waals surface area contributed by atoms with Gasteiger partial charge in [0.15, 0.2) is 0 Å². The van der Waals surface area contributed by atoms with Crippen LogP contribution in [0.4, 0.5) is 22.4 Å². The molecule has 0 unspecified atom stereocenters. The van der Waals surface area contributed by atoms with Crippen molar-refractivity contribution < 1.29 is 36.7 Å². The van der Waals surface area contributed by atoms with Crippen molar-refractivity contribution in [1.29, 1.82) is 0 Å². The van der Waals surface area contributed by atoms with Crippen LogP contribution >= 0.6 is 0 Å². The Labute approximate surface area is 148 Å². The van der Waals surface area contributed by atoms with Crippen LogP contribution in [0.2, 0.25) is 0 Å². The van der Waals surface area contributed by atoms with Crippen molar-refractivity contribution in [2.75, 3.05) is 0 Å². The van der Waals surface area contributed by atoms with Crippen molar-refractivity contribution in [3.63, 3.8) is 0 Å². The lowest BCUT2D eigenvalue weighted by Gasteiger charge is -2.30. The topological polar surface area (TPSA) is 55.8 Å². The van der Waals surface area contributed by atoms with Crippen LogP contribution in [0.3, 0.4) is 0 Å². The SMILES string of the molecule is CC(C)(C)OC(=O)N(OC(C)(C)C)C(=O)c1cccc(C(F)(F)F)c1F. The highest BCUT2D eigenvalue weighted by atomic mass is 19.4. The van der Waals surface area contributed by atoms with Gasteiger partial charge in [-0.1, -0.05) is 6.07 Å². The van der Waals surface area contributed by atoms with Crippen molar-refractivity contribution in [3.05, 3.63) is 35.1 Å². The number of nitrogens with zero attached hydrogens (tertiary/aromatic N) is 1. The number of benzene rings is 1. The van der Waals surface area contributed by atoms with Gasteiger partial charge in [0.2, 0.25) is 0 Å². The summed E-state index contributed by atoms with van der Waals surface area (Å²) in [6.45, 7) is 9.07. The lowest BCUT2D eigenvalue weighted by Crippen LogP contribution is -2.45. The van der Waals surface area contributed by atoms with Crippen LogP contribution in [-0.2, 0) is 15.8 Å². The molecule has 1 aromatic carbocycles. The van der Waals surface area contributed by atoms with Crippen molar-refractivity contribution in [3.8, 4) is 0 Å². The molecule has 5 nitrogen and oxygen atoms in total. The molecule has 0 spiro atoms. The van der Waals surface area contributed by atoms with Gasteiger partial charge in [0.05, 0.1) is 16.7 Å². The first-order chi connectivity index (χ1) is 11.5. The Kier molecular flexibility index (Phi) is 6.08. The van der Waals surface area contributed by atoms with E-state index in [0.29, 0.717) is 6.07 Å². The normalized spacial score (nSPS) is 12.7. The van der Waals surface area contributed by atoms with E-state index in [0.717, 1.165) is 12.1 Å². The van der Waals surface area contributed by atoms with Gasteiger partial charge in [-0.15, -0.1) is 5.06 Å². The number of alkyl halides is 3. The first-order valence-corrected chi connectivity index (χ1v) is 7.65. The molecule has 0 fully saturated rings. The summed E-state index contributed by atoms with van der Waals surface area (Å²) in [5, 5.41) is 0.129. The van der Waals surface area contributed by atoms with E-state index in [4.69, 9.17) is 9.57 Å². The Morgan fingerprint density at radius 1 is 0.962 bits per heavy atom. The third-order valence-electron chi connectivity index (χ3n) is 2.64. The predicted octanol–water partition coefficient (Wildman–Crippen LogP) is 4.95. The molecule has 0 aromatic heterocycles. The highest BCUT2D eigenvalue weighted by Crippen LogP contribution is 2.33. The Balaban J connectivity index is 3.35. The molecule has 0 aliphatic heterocycles. The zero-order chi connectivity index (χ0) is 20.5. The van der Waals surface area contributed by atoms with Crippen LogP contribution in [0, 0.1) is 5.82 Å². The standard InChI is InChI=1S/C17H21F4NO4/c1-15(2,3)25-14(24)22(26-16(4,5)6)13(23)10-8-7-9-11(12(10)18)17(19,20)21/h7-9H,1-6H3. The number of halogens is 4. The fourth-order valence-corrected chi connectivity index (χ4v) is 1.76. The van der Waals surface area contributed by atoms with Crippen molar-refractivity contribution in [2.45, 2.75) is 58.9 Å². The third kappa shape index (κ3) is 5.98. The Morgan fingerprint density at radius 2 is 1.50 bits per heavy atom. The Hall–Kier alpha value is -2.16. The molecule has 0 heterocycles. The van der Waals surface area contributed by atoms with Crippen LogP contribution in [-0.4, -0.2) is 28.3 Å². The van der Waals surface area contributed by atoms with E-state index < -0.39 is 46.3 Å². The molecule has 0 aliphatic carbocycles. The lowest BCUT2D eigenvalue weighted by molar-refractivity contribution is -0.182. The van der Waals surface area contributed by atoms with Gasteiger partial charge in [0, 0.05) is 0 Å². The summed E-state index contributed by atoms with van der Waals surface area (Å²) in [4.78, 5) is 30.0. The number of hydrogen-bond acceptors (Lipinski definition) is 4. The number of imide groups is 1. The molecule has 0 aliphatic rings. The number of hydrogen-bond donors (Lipinski definition) is 0. The molecule has 0 saturated carbocycles. The maximum Gasteiger partial charge on any atom is 0.442 e. The predicted molar refractivity (Wildman–Crippen MR) is 84.6 cm³/mol. The molecular formula is C17H21F4NO4. The molecule has 1 rings (SSSR count). The zero-order valence-electron chi connectivity index (χ0n) is 15.3. The fourth-order valence-electron chi connectivity index (χ4n) is 1.76. The monoisotopic (exact) mass is 379 g/mol. The largest absolute Gasteiger partial charge is 0.442 e. The van der Waals surface area contributed by atoms with E-state index in [1.165, 1.54) is 41.5 Å². The van der Waals surface area contributed by atoms with Crippen LogP contribution in [0.5, 0.6) is 0 Å². The smallest absolute Gasteiger partial charge is 0.442 e. The molecule has 26 heavy (non-hydrogen) atoms. The Morgan fingerprint density at radius 3 is 1.92 bits per heavy atom. The second kappa shape index (κ2) is 7.22. The molecule has 0 radical (unpaired) electrons. The average Bonchev–Trinajstić information content (AvgIpc) is 2.40. The van der Waals surface area contributed by atoms with Crippen LogP contribution in [0.15, 0.2) is 18.2 Å². The number of rotatable bonds is 2. The van der Waals surface area contributed by atoms with Gasteiger partial charge in [-0.05, 0) is 53.7 Å². The highest BCUT2D eigenvalue weighted by molar-refractivity contribution is 6.02. The third-order valence-corrected chi connectivity index (χ3v) is 2.64. The summed E-state index contributed by atoms with van der Waals surface area (Å²) in [6, 6.07) is 2.19. The minimum atomic E-state index is -5.00. The molecule has 1 aromatic rings. The molecular weight excluding hydrogens is 358 g/mol. The molecule has 146 valence electrons. The van der Waals surface area contributed by atoms with E-state index >= 15 is 0 Å². The van der Waals surface area contributed by atoms with Gasteiger partial charge < -0.3 is 4.74 Å². The first-order valence-electron chi connectivity index (χ1n) is 7.65. The van der Waals surface area contributed by atoms with Gasteiger partial charge in [-0.3, -0.25) is 9.63 Å². The number of carbonyl (C=O) groups is 2. The summed E-state index contributed by atoms with van der Waals surface area (Å²) in [6.07, 6.45) is -6.27. The van der Waals surface area contributed by atoms with Crippen LogP contribution in [0.25, 0.3) is 0 Å². The highest BCUT2D eigenvalue weighted by Gasteiger charge is 2.39. The Bertz CT molecular complexity index is 687. The summed E-state index contributed by atoms with van der Waals surface area (Å²) >= 11 is 0. The minimum Gasteiger partial charge on any atom is -0.442 e. The lowest BCUT2D eigenvalue weighted by atomic mass is 10.1. The van der Waals surface area contributed by atoms with E-state index in [1.54, 1.807) is 0 Å². The van der Waals surface area contributed by atoms with E-state index in [1.807, 2.05) is 0 Å². The molecule has 0 saturated heterocycles. The second-order valence-corrected chi connectivity index (χ2v) is 7.45. The average molecular weight is 379 g/mol. The number of carbonyl (C=O) groups excluding carboxylic acids is 2. The molecule has 0 bridgehead atoms. The van der Waals surface area contributed by atoms with Gasteiger partial charge in [-0.2, -0.15) is 13.2 Å². The van der Waals surface area contributed by atoms with Gasteiger partial charge in [-0.25, -0.2) is 9.18 Å². The summed E-state index contributed by atoms with van der Waals surface area (Å²) in [7, 11) is 0. The number of ether oxygens (including phenoxy) is 1. The van der Waals surface area contributed by atoms with Gasteiger partial charge >= 0.3 is 12.3 Å². The molecule has 2 amide bonds. The van der Waals surface area contributed by atoms with Crippen molar-refractivity contribution in [1.82, 2.24) is 5.06 Å². The number of amides is 2. The summed E-state index contributed by atoms with van der Waals surface area (Å²) in [5.74, 6) is -3.20. The first kappa shape index (κ1) is 21.9. The summed E-state index contributed by atoms with van der Waals surface area (Å²) < 4.78 is 57.8. The van der Waals surface area contributed by atoms with E-state index in [2.05, 4.69) is 0 Å². The van der Waals surface area contributed by atoms with E-state index in [-0.39, 0.29) is 5.06 Å². The molecule has 0 atom stereocenters. The fraction of sp³-hybridized carbons (Fsp3) is 0.529. The van der Waals surface area contributed by atoms with Crippen LogP contribution in [0.1, 0.15) is 57.5 Å². The van der Waals surface area contributed by atoms with Crippen LogP contribution < -0.4 is 0 Å². The maximum absolute atomic E-state index is 14.2. The van der Waals surface area contributed by atoms with E-state index in [9.17, 15) is 27.2 Å². The maximum atomic E-state index is 14.2.